The van der Waals surface area contributed by atoms with Gasteiger partial charge in [-0.2, -0.15) is 0 Å². The highest BCUT2D eigenvalue weighted by Crippen LogP contribution is 2.30. The number of hydrogen-bond acceptors (Lipinski definition) is 5. The average molecular weight is 402 g/mol. The van der Waals surface area contributed by atoms with Crippen molar-refractivity contribution < 1.29 is 19.1 Å². The first-order chi connectivity index (χ1) is 13.5. The van der Waals surface area contributed by atoms with Gasteiger partial charge in [-0.25, -0.2) is 4.79 Å². The fraction of sp³-hybridized carbons (Fsp3) is 0.545. The number of rotatable bonds is 6. The molecule has 3 heterocycles. The molecule has 0 bridgehead atoms. The summed E-state index contributed by atoms with van der Waals surface area (Å²) in [5.41, 5.74) is 3.86. The Morgan fingerprint density at radius 2 is 2.04 bits per heavy atom. The number of carbonyl (C=O) groups excluding carboxylic acids is 2. The lowest BCUT2D eigenvalue weighted by Gasteiger charge is -2.14. The standard InChI is InChI=1S/C22H27NO4S/c1-14-10-18(15(2)23(14)12-17-7-5-9-26-17)19(24)13-27-22(25)21-11-16-6-3-4-8-20(16)28-21/h10-11,17H,3-9,12-13H2,1-2H3. The zero-order valence-corrected chi connectivity index (χ0v) is 17.4. The summed E-state index contributed by atoms with van der Waals surface area (Å²) in [5.74, 6) is -0.540. The Bertz CT molecular complexity index is 865. The van der Waals surface area contributed by atoms with Gasteiger partial charge in [0.25, 0.3) is 0 Å². The topological polar surface area (TPSA) is 57.5 Å². The quantitative estimate of drug-likeness (QED) is 0.536. The van der Waals surface area contributed by atoms with Crippen molar-refractivity contribution in [2.75, 3.05) is 13.2 Å². The molecule has 2 aromatic rings. The maximum Gasteiger partial charge on any atom is 0.348 e. The molecular formula is C22H27NO4S. The highest BCUT2D eigenvalue weighted by Gasteiger charge is 2.23. The maximum absolute atomic E-state index is 12.7. The van der Waals surface area contributed by atoms with Crippen LogP contribution >= 0.6 is 11.3 Å². The van der Waals surface area contributed by atoms with E-state index in [1.165, 1.54) is 34.6 Å². The van der Waals surface area contributed by atoms with Gasteiger partial charge in [0.1, 0.15) is 4.88 Å². The van der Waals surface area contributed by atoms with E-state index in [0.717, 1.165) is 50.2 Å². The molecule has 6 heteroatoms. The summed E-state index contributed by atoms with van der Waals surface area (Å²) in [6, 6.07) is 3.84. The second-order valence-corrected chi connectivity index (χ2v) is 8.93. The van der Waals surface area contributed by atoms with Crippen LogP contribution in [0.1, 0.15) is 67.5 Å². The number of ether oxygens (including phenoxy) is 2. The van der Waals surface area contributed by atoms with Crippen LogP contribution in [-0.4, -0.2) is 35.6 Å². The number of carbonyl (C=O) groups is 2. The summed E-state index contributed by atoms with van der Waals surface area (Å²) in [6.07, 6.45) is 6.81. The number of aryl methyl sites for hydroxylation is 3. The molecule has 0 aromatic carbocycles. The summed E-state index contributed by atoms with van der Waals surface area (Å²) in [4.78, 5) is 27.0. The fourth-order valence-corrected chi connectivity index (χ4v) is 5.37. The minimum atomic E-state index is -0.388. The smallest absolute Gasteiger partial charge is 0.348 e. The predicted molar refractivity (Wildman–Crippen MR) is 108 cm³/mol. The number of hydrogen-bond donors (Lipinski definition) is 0. The zero-order valence-electron chi connectivity index (χ0n) is 16.6. The van der Waals surface area contributed by atoms with Crippen LogP contribution in [0.5, 0.6) is 0 Å². The SMILES string of the molecule is Cc1cc(C(=O)COC(=O)c2cc3c(s2)CCCC3)c(C)n1CC1CCCO1. The first-order valence-corrected chi connectivity index (χ1v) is 10.9. The molecular weight excluding hydrogens is 374 g/mol. The van der Waals surface area contributed by atoms with Crippen LogP contribution in [0.3, 0.4) is 0 Å². The van der Waals surface area contributed by atoms with Crippen molar-refractivity contribution in [3.05, 3.63) is 44.4 Å². The van der Waals surface area contributed by atoms with Gasteiger partial charge >= 0.3 is 5.97 Å². The third-order valence-electron chi connectivity index (χ3n) is 5.82. The second kappa shape index (κ2) is 8.21. The summed E-state index contributed by atoms with van der Waals surface area (Å²) < 4.78 is 13.2. The molecule has 1 unspecified atom stereocenters. The van der Waals surface area contributed by atoms with Gasteiger partial charge in [0.2, 0.25) is 5.78 Å². The molecule has 0 radical (unpaired) electrons. The van der Waals surface area contributed by atoms with Gasteiger partial charge < -0.3 is 14.0 Å². The van der Waals surface area contributed by atoms with Gasteiger partial charge in [-0.3, -0.25) is 4.79 Å². The van der Waals surface area contributed by atoms with E-state index < -0.39 is 0 Å². The first-order valence-electron chi connectivity index (χ1n) is 10.1. The monoisotopic (exact) mass is 401 g/mol. The third kappa shape index (κ3) is 3.94. The highest BCUT2D eigenvalue weighted by molar-refractivity contribution is 7.14. The minimum Gasteiger partial charge on any atom is -0.453 e. The third-order valence-corrected chi connectivity index (χ3v) is 7.03. The number of thiophene rings is 1. The summed E-state index contributed by atoms with van der Waals surface area (Å²) >= 11 is 1.51. The molecule has 1 atom stereocenters. The van der Waals surface area contributed by atoms with Crippen LogP contribution in [0.2, 0.25) is 0 Å². The van der Waals surface area contributed by atoms with Crippen LogP contribution in [0, 0.1) is 13.8 Å². The van der Waals surface area contributed by atoms with Crippen LogP contribution in [0.4, 0.5) is 0 Å². The number of fused-ring (bicyclic) bond motifs is 1. The summed E-state index contributed by atoms with van der Waals surface area (Å²) in [6.45, 7) is 5.32. The lowest BCUT2D eigenvalue weighted by atomic mass is 9.99. The van der Waals surface area contributed by atoms with Crippen molar-refractivity contribution in [1.29, 1.82) is 0 Å². The van der Waals surface area contributed by atoms with E-state index in [1.807, 2.05) is 26.0 Å². The van der Waals surface area contributed by atoms with E-state index in [9.17, 15) is 9.59 Å². The van der Waals surface area contributed by atoms with Gasteiger partial charge in [-0.1, -0.05) is 0 Å². The van der Waals surface area contributed by atoms with E-state index in [1.54, 1.807) is 0 Å². The van der Waals surface area contributed by atoms with E-state index in [0.29, 0.717) is 10.4 Å². The van der Waals surface area contributed by atoms with E-state index in [2.05, 4.69) is 4.57 Å². The highest BCUT2D eigenvalue weighted by atomic mass is 32.1. The van der Waals surface area contributed by atoms with Gasteiger partial charge in [-0.05, 0) is 70.1 Å². The van der Waals surface area contributed by atoms with Crippen molar-refractivity contribution in [3.8, 4) is 0 Å². The molecule has 150 valence electrons. The molecule has 28 heavy (non-hydrogen) atoms. The first kappa shape index (κ1) is 19.4. The molecule has 2 aliphatic rings. The van der Waals surface area contributed by atoms with Crippen LogP contribution < -0.4 is 0 Å². The van der Waals surface area contributed by atoms with Crippen LogP contribution in [0.15, 0.2) is 12.1 Å². The van der Waals surface area contributed by atoms with Crippen molar-refractivity contribution >= 4 is 23.1 Å². The molecule has 0 N–H and O–H groups in total. The fourth-order valence-electron chi connectivity index (χ4n) is 4.23. The van der Waals surface area contributed by atoms with Gasteiger partial charge in [0, 0.05) is 35.0 Å². The Morgan fingerprint density at radius 1 is 1.21 bits per heavy atom. The lowest BCUT2D eigenvalue weighted by Crippen LogP contribution is -2.18. The molecule has 0 saturated carbocycles. The van der Waals surface area contributed by atoms with Crippen molar-refractivity contribution in [1.82, 2.24) is 4.57 Å². The Balaban J connectivity index is 1.39. The average Bonchev–Trinajstić information content (AvgIpc) is 3.41. The Labute approximate surface area is 169 Å². The van der Waals surface area contributed by atoms with E-state index >= 15 is 0 Å². The zero-order chi connectivity index (χ0) is 19.7. The van der Waals surface area contributed by atoms with Crippen molar-refractivity contribution in [2.24, 2.45) is 0 Å². The van der Waals surface area contributed by atoms with E-state index in [4.69, 9.17) is 9.47 Å². The Hall–Kier alpha value is -1.92. The number of nitrogens with zero attached hydrogens (tertiary/aromatic N) is 1. The van der Waals surface area contributed by atoms with Gasteiger partial charge in [0.05, 0.1) is 6.10 Å². The minimum absolute atomic E-state index is 0.152. The molecule has 5 nitrogen and oxygen atoms in total. The number of esters is 1. The van der Waals surface area contributed by atoms with Crippen LogP contribution in [0.25, 0.3) is 0 Å². The molecule has 1 fully saturated rings. The predicted octanol–water partition coefficient (Wildman–Crippen LogP) is 4.26. The molecule has 1 saturated heterocycles. The van der Waals surface area contributed by atoms with Gasteiger partial charge in [-0.15, -0.1) is 11.3 Å². The second-order valence-electron chi connectivity index (χ2n) is 7.80. The molecule has 0 amide bonds. The van der Waals surface area contributed by atoms with Crippen LogP contribution in [-0.2, 0) is 28.9 Å². The number of aromatic nitrogens is 1. The Morgan fingerprint density at radius 3 is 2.79 bits per heavy atom. The Kier molecular flexibility index (Phi) is 5.69. The molecule has 1 aliphatic heterocycles. The number of ketones is 1. The van der Waals surface area contributed by atoms with Crippen molar-refractivity contribution in [3.63, 3.8) is 0 Å². The number of Topliss-reactive ketones (excluding diaryl/α,β-unsaturated/α-hetero) is 1. The molecule has 0 spiro atoms. The lowest BCUT2D eigenvalue weighted by molar-refractivity contribution is 0.0479. The molecule has 4 rings (SSSR count). The largest absolute Gasteiger partial charge is 0.453 e. The van der Waals surface area contributed by atoms with Crippen molar-refractivity contribution in [2.45, 2.75) is 65.0 Å². The van der Waals surface area contributed by atoms with E-state index in [-0.39, 0.29) is 24.5 Å². The molecule has 1 aliphatic carbocycles. The maximum atomic E-state index is 12.7. The van der Waals surface area contributed by atoms with Gasteiger partial charge in [0.15, 0.2) is 6.61 Å². The molecule has 2 aromatic heterocycles. The summed E-state index contributed by atoms with van der Waals surface area (Å²) in [5, 5.41) is 0. The summed E-state index contributed by atoms with van der Waals surface area (Å²) in [7, 11) is 0. The normalized spacial score (nSPS) is 18.9.